The molecule has 126 valence electrons. The van der Waals surface area contributed by atoms with Gasteiger partial charge in [0.2, 0.25) is 0 Å². The van der Waals surface area contributed by atoms with Crippen LogP contribution in [0.1, 0.15) is 23.2 Å². The number of carbonyl (C=O) groups is 1. The number of aromatic nitrogens is 1. The number of rotatable bonds is 5. The molecule has 1 amide bonds. The fourth-order valence-electron chi connectivity index (χ4n) is 3.08. The number of halogens is 1. The number of pyridine rings is 1. The van der Waals surface area contributed by atoms with E-state index in [0.29, 0.717) is 16.5 Å². The summed E-state index contributed by atoms with van der Waals surface area (Å²) >= 11 is 5.97. The maximum absolute atomic E-state index is 11.8. The molecule has 2 aromatic rings. The largest absolute Gasteiger partial charge is 0.366 e. The van der Waals surface area contributed by atoms with Gasteiger partial charge in [-0.3, -0.25) is 4.79 Å². The molecule has 3 rings (SSSR count). The summed E-state index contributed by atoms with van der Waals surface area (Å²) in [6.07, 6.45) is 3.82. The molecule has 1 aliphatic rings. The van der Waals surface area contributed by atoms with E-state index in [4.69, 9.17) is 17.3 Å². The Balaban J connectivity index is 1.98. The third-order valence-electron chi connectivity index (χ3n) is 4.35. The number of nitrogens with two attached hydrogens (primary N) is 1. The van der Waals surface area contributed by atoms with Gasteiger partial charge in [-0.2, -0.15) is 0 Å². The average molecular weight is 345 g/mol. The van der Waals surface area contributed by atoms with Crippen molar-refractivity contribution >= 4 is 29.0 Å². The number of hydrogen-bond donors (Lipinski definition) is 2. The molecular formula is C18H21ClN4O. The van der Waals surface area contributed by atoms with Gasteiger partial charge in [-0.1, -0.05) is 23.7 Å². The van der Waals surface area contributed by atoms with E-state index in [0.717, 1.165) is 44.0 Å². The van der Waals surface area contributed by atoms with Gasteiger partial charge in [0.1, 0.15) is 5.82 Å². The Labute approximate surface area is 146 Å². The van der Waals surface area contributed by atoms with Gasteiger partial charge < -0.3 is 16.0 Å². The molecule has 0 radical (unpaired) electrons. The lowest BCUT2D eigenvalue weighted by molar-refractivity contribution is 0.100. The first-order valence-electron chi connectivity index (χ1n) is 8.14. The number of anilines is 2. The highest BCUT2D eigenvalue weighted by atomic mass is 35.5. The van der Waals surface area contributed by atoms with Gasteiger partial charge in [0.25, 0.3) is 5.91 Å². The van der Waals surface area contributed by atoms with Gasteiger partial charge >= 0.3 is 0 Å². The van der Waals surface area contributed by atoms with Crippen molar-refractivity contribution in [1.82, 2.24) is 10.3 Å². The summed E-state index contributed by atoms with van der Waals surface area (Å²) in [4.78, 5) is 18.4. The van der Waals surface area contributed by atoms with Crippen molar-refractivity contribution in [3.8, 4) is 0 Å². The van der Waals surface area contributed by atoms with Crippen molar-refractivity contribution in [2.45, 2.75) is 12.8 Å². The van der Waals surface area contributed by atoms with Crippen LogP contribution in [0.4, 0.5) is 11.5 Å². The first kappa shape index (κ1) is 16.7. The summed E-state index contributed by atoms with van der Waals surface area (Å²) in [5.41, 5.74) is 6.86. The Kier molecular flexibility index (Phi) is 5.33. The molecule has 1 fully saturated rings. The van der Waals surface area contributed by atoms with E-state index in [1.54, 1.807) is 12.3 Å². The monoisotopic (exact) mass is 344 g/mol. The molecule has 6 heteroatoms. The van der Waals surface area contributed by atoms with E-state index in [1.807, 2.05) is 30.3 Å². The molecular weight excluding hydrogens is 324 g/mol. The van der Waals surface area contributed by atoms with Crippen molar-refractivity contribution in [2.75, 3.05) is 24.5 Å². The molecule has 0 aliphatic carbocycles. The number of benzene rings is 1. The van der Waals surface area contributed by atoms with E-state index in [9.17, 15) is 4.79 Å². The van der Waals surface area contributed by atoms with Gasteiger partial charge in [0.05, 0.1) is 16.3 Å². The minimum atomic E-state index is -0.435. The van der Waals surface area contributed by atoms with Crippen molar-refractivity contribution in [2.24, 2.45) is 11.7 Å². The molecule has 0 atom stereocenters. The van der Waals surface area contributed by atoms with Crippen LogP contribution in [0, 0.1) is 5.92 Å². The highest BCUT2D eigenvalue weighted by Gasteiger charge is 2.22. The summed E-state index contributed by atoms with van der Waals surface area (Å²) in [5, 5.41) is 3.97. The Bertz CT molecular complexity index is 698. The fraction of sp³-hybridized carbons (Fsp3) is 0.333. The third kappa shape index (κ3) is 3.86. The third-order valence-corrected chi connectivity index (χ3v) is 4.57. The number of piperidine rings is 1. The lowest BCUT2D eigenvalue weighted by Gasteiger charge is -2.31. The number of hydrogen-bond acceptors (Lipinski definition) is 4. The second-order valence-electron chi connectivity index (χ2n) is 6.02. The van der Waals surface area contributed by atoms with Crippen molar-refractivity contribution in [3.05, 3.63) is 53.2 Å². The Morgan fingerprint density at radius 2 is 2.00 bits per heavy atom. The zero-order valence-electron chi connectivity index (χ0n) is 13.4. The second-order valence-corrected chi connectivity index (χ2v) is 6.46. The SMILES string of the molecule is NC(=O)c1ccccc1N(CC1CCNCC1)c1ccc(Cl)cn1. The maximum Gasteiger partial charge on any atom is 0.250 e. The van der Waals surface area contributed by atoms with E-state index in [1.165, 1.54) is 0 Å². The summed E-state index contributed by atoms with van der Waals surface area (Å²) in [6, 6.07) is 11.1. The number of primary amides is 1. The summed E-state index contributed by atoms with van der Waals surface area (Å²) in [7, 11) is 0. The zero-order chi connectivity index (χ0) is 16.9. The Morgan fingerprint density at radius 3 is 2.67 bits per heavy atom. The molecule has 24 heavy (non-hydrogen) atoms. The normalized spacial score (nSPS) is 15.2. The molecule has 1 aliphatic heterocycles. The van der Waals surface area contributed by atoms with Crippen molar-refractivity contribution in [1.29, 1.82) is 0 Å². The topological polar surface area (TPSA) is 71.2 Å². The van der Waals surface area contributed by atoms with Crippen LogP contribution in [0.5, 0.6) is 0 Å². The van der Waals surface area contributed by atoms with Crippen LogP contribution < -0.4 is 16.0 Å². The van der Waals surface area contributed by atoms with Crippen molar-refractivity contribution < 1.29 is 4.79 Å². The Hall–Kier alpha value is -2.11. The van der Waals surface area contributed by atoms with Gasteiger partial charge in [0.15, 0.2) is 0 Å². The average Bonchev–Trinajstić information content (AvgIpc) is 2.61. The maximum atomic E-state index is 11.8. The van der Waals surface area contributed by atoms with Gasteiger partial charge in [-0.25, -0.2) is 4.98 Å². The predicted molar refractivity (Wildman–Crippen MR) is 96.8 cm³/mol. The highest BCUT2D eigenvalue weighted by Crippen LogP contribution is 2.30. The van der Waals surface area contributed by atoms with E-state index < -0.39 is 5.91 Å². The summed E-state index contributed by atoms with van der Waals surface area (Å²) in [6.45, 7) is 2.83. The molecule has 1 aromatic heterocycles. The number of nitrogens with one attached hydrogen (secondary N) is 1. The highest BCUT2D eigenvalue weighted by molar-refractivity contribution is 6.30. The van der Waals surface area contributed by atoms with Crippen LogP contribution in [0.15, 0.2) is 42.6 Å². The van der Waals surface area contributed by atoms with Crippen LogP contribution in [-0.4, -0.2) is 30.5 Å². The minimum Gasteiger partial charge on any atom is -0.366 e. The van der Waals surface area contributed by atoms with Crippen LogP contribution in [0.25, 0.3) is 0 Å². The van der Waals surface area contributed by atoms with E-state index in [2.05, 4.69) is 15.2 Å². The quantitative estimate of drug-likeness (QED) is 0.874. The Morgan fingerprint density at radius 1 is 1.25 bits per heavy atom. The molecule has 0 bridgehead atoms. The van der Waals surface area contributed by atoms with E-state index in [-0.39, 0.29) is 0 Å². The lowest BCUT2D eigenvalue weighted by Crippen LogP contribution is -2.35. The first-order valence-corrected chi connectivity index (χ1v) is 8.51. The molecule has 0 unspecified atom stereocenters. The fourth-order valence-corrected chi connectivity index (χ4v) is 3.19. The number of amides is 1. The van der Waals surface area contributed by atoms with Crippen LogP contribution in [0.3, 0.4) is 0 Å². The first-order chi connectivity index (χ1) is 11.6. The van der Waals surface area contributed by atoms with Gasteiger partial charge in [-0.15, -0.1) is 0 Å². The van der Waals surface area contributed by atoms with Crippen LogP contribution >= 0.6 is 11.6 Å². The molecule has 2 heterocycles. The molecule has 0 saturated carbocycles. The van der Waals surface area contributed by atoms with E-state index >= 15 is 0 Å². The predicted octanol–water partition coefficient (Wildman–Crippen LogP) is 2.97. The van der Waals surface area contributed by atoms with Gasteiger partial charge in [-0.05, 0) is 56.1 Å². The molecule has 0 spiro atoms. The lowest BCUT2D eigenvalue weighted by atomic mass is 9.97. The summed E-state index contributed by atoms with van der Waals surface area (Å²) < 4.78 is 0. The molecule has 1 saturated heterocycles. The standard InChI is InChI=1S/C18H21ClN4O/c19-14-5-6-17(22-11-14)23(12-13-7-9-21-10-8-13)16-4-2-1-3-15(16)18(20)24/h1-6,11,13,21H,7-10,12H2,(H2,20,24). The number of para-hydroxylation sites is 1. The zero-order valence-corrected chi connectivity index (χ0v) is 14.2. The van der Waals surface area contributed by atoms with Gasteiger partial charge in [0, 0.05) is 12.7 Å². The molecule has 5 nitrogen and oxygen atoms in total. The van der Waals surface area contributed by atoms with Crippen LogP contribution in [-0.2, 0) is 0 Å². The second kappa shape index (κ2) is 7.64. The smallest absolute Gasteiger partial charge is 0.250 e. The minimum absolute atomic E-state index is 0.435. The molecule has 3 N–H and O–H groups in total. The number of nitrogens with zero attached hydrogens (tertiary/aromatic N) is 2. The van der Waals surface area contributed by atoms with Crippen LogP contribution in [0.2, 0.25) is 5.02 Å². The summed E-state index contributed by atoms with van der Waals surface area (Å²) in [5.74, 6) is 0.867. The molecule has 1 aromatic carbocycles. The number of carbonyl (C=O) groups excluding carboxylic acids is 1. The van der Waals surface area contributed by atoms with Crippen molar-refractivity contribution in [3.63, 3.8) is 0 Å².